The van der Waals surface area contributed by atoms with Crippen LogP contribution in [0.3, 0.4) is 0 Å². The highest BCUT2D eigenvalue weighted by atomic mass is 16.4. The molecule has 104 valence electrons. The maximum absolute atomic E-state index is 11.8. The van der Waals surface area contributed by atoms with Gasteiger partial charge in [0.15, 0.2) is 0 Å². The number of carbonyl (C=O) groups is 2. The molecule has 0 spiro atoms. The number of rotatable bonds is 5. The number of carboxylic acid groups (broad SMARTS) is 1. The lowest BCUT2D eigenvalue weighted by atomic mass is 9.94. The molecule has 2 atom stereocenters. The van der Waals surface area contributed by atoms with Gasteiger partial charge < -0.3 is 10.4 Å². The van der Waals surface area contributed by atoms with Crippen molar-refractivity contribution in [3.63, 3.8) is 0 Å². The summed E-state index contributed by atoms with van der Waals surface area (Å²) in [6, 6.07) is -0.176. The van der Waals surface area contributed by atoms with E-state index in [1.807, 2.05) is 0 Å². The molecule has 18 heavy (non-hydrogen) atoms. The Balaban J connectivity index is 2.49. The second-order valence-corrected chi connectivity index (χ2v) is 5.69. The first-order valence-corrected chi connectivity index (χ1v) is 7.03. The van der Waals surface area contributed by atoms with Gasteiger partial charge in [-0.1, -0.05) is 33.1 Å². The van der Waals surface area contributed by atoms with Crippen LogP contribution in [0.5, 0.6) is 0 Å². The molecule has 0 bridgehead atoms. The lowest BCUT2D eigenvalue weighted by Gasteiger charge is -2.23. The quantitative estimate of drug-likeness (QED) is 0.742. The summed E-state index contributed by atoms with van der Waals surface area (Å²) >= 11 is 0. The van der Waals surface area contributed by atoms with Crippen molar-refractivity contribution < 1.29 is 14.7 Å². The number of aliphatic carboxylic acids is 1. The van der Waals surface area contributed by atoms with E-state index in [9.17, 15) is 14.7 Å². The van der Waals surface area contributed by atoms with Gasteiger partial charge in [0.2, 0.25) is 5.91 Å². The summed E-state index contributed by atoms with van der Waals surface area (Å²) in [7, 11) is 0. The van der Waals surface area contributed by atoms with Crippen molar-refractivity contribution in [2.75, 3.05) is 0 Å². The first-order chi connectivity index (χ1) is 8.50. The van der Waals surface area contributed by atoms with Gasteiger partial charge in [-0.3, -0.25) is 9.59 Å². The van der Waals surface area contributed by atoms with Crippen LogP contribution in [0, 0.1) is 11.8 Å². The van der Waals surface area contributed by atoms with E-state index < -0.39 is 11.9 Å². The fraction of sp³-hybridized carbons (Fsp3) is 0.857. The van der Waals surface area contributed by atoms with Crippen LogP contribution in [0.1, 0.15) is 58.8 Å². The highest BCUT2D eigenvalue weighted by molar-refractivity contribution is 5.78. The van der Waals surface area contributed by atoms with Gasteiger partial charge in [-0.05, 0) is 25.2 Å². The zero-order valence-electron chi connectivity index (χ0n) is 11.4. The van der Waals surface area contributed by atoms with E-state index in [-0.39, 0.29) is 11.9 Å². The maximum atomic E-state index is 11.8. The predicted octanol–water partition coefficient (Wildman–Crippen LogP) is 2.57. The minimum Gasteiger partial charge on any atom is -0.481 e. The summed E-state index contributed by atoms with van der Waals surface area (Å²) in [5.41, 5.74) is 0. The summed E-state index contributed by atoms with van der Waals surface area (Å²) in [5, 5.41) is 12.1. The standard InChI is InChI=1S/C14H25NO3/c1-10(2)8-9-13(16)15-12-7-5-3-4-6-11(12)14(17)18/h10-12H,3-9H2,1-2H3,(H,15,16)(H,17,18). The van der Waals surface area contributed by atoms with Crippen LogP contribution in [0.15, 0.2) is 0 Å². The molecule has 2 N–H and O–H groups in total. The van der Waals surface area contributed by atoms with Gasteiger partial charge in [-0.2, -0.15) is 0 Å². The van der Waals surface area contributed by atoms with Gasteiger partial charge in [0, 0.05) is 12.5 Å². The minimum absolute atomic E-state index is 0.00171. The van der Waals surface area contributed by atoms with Crippen molar-refractivity contribution in [3.05, 3.63) is 0 Å². The third-order valence-corrected chi connectivity index (χ3v) is 3.63. The summed E-state index contributed by atoms with van der Waals surface area (Å²) in [6.07, 6.45) is 5.88. The molecule has 1 rings (SSSR count). The average molecular weight is 255 g/mol. The maximum Gasteiger partial charge on any atom is 0.308 e. The van der Waals surface area contributed by atoms with E-state index in [2.05, 4.69) is 19.2 Å². The summed E-state index contributed by atoms with van der Waals surface area (Å²) in [6.45, 7) is 4.16. The molecule has 0 radical (unpaired) electrons. The molecule has 0 aliphatic heterocycles. The van der Waals surface area contributed by atoms with Crippen LogP contribution in [0.4, 0.5) is 0 Å². The molecule has 1 aliphatic rings. The van der Waals surface area contributed by atoms with Crippen LogP contribution >= 0.6 is 0 Å². The van der Waals surface area contributed by atoms with Gasteiger partial charge in [0.05, 0.1) is 5.92 Å². The number of carboxylic acids is 1. The smallest absolute Gasteiger partial charge is 0.308 e. The monoisotopic (exact) mass is 255 g/mol. The molecular weight excluding hydrogens is 230 g/mol. The second kappa shape index (κ2) is 7.39. The molecule has 1 amide bonds. The molecule has 0 saturated heterocycles. The molecule has 0 aromatic heterocycles. The Morgan fingerprint density at radius 1 is 1.22 bits per heavy atom. The molecule has 4 nitrogen and oxygen atoms in total. The van der Waals surface area contributed by atoms with Crippen LogP contribution in [0.2, 0.25) is 0 Å². The normalized spacial score (nSPS) is 24.6. The van der Waals surface area contributed by atoms with Crippen LogP contribution in [-0.4, -0.2) is 23.0 Å². The molecule has 2 unspecified atom stereocenters. The van der Waals surface area contributed by atoms with E-state index in [1.54, 1.807) is 0 Å². The fourth-order valence-electron chi connectivity index (χ4n) is 2.47. The molecule has 1 fully saturated rings. The third-order valence-electron chi connectivity index (χ3n) is 3.63. The zero-order valence-corrected chi connectivity index (χ0v) is 11.4. The van der Waals surface area contributed by atoms with Crippen LogP contribution in [-0.2, 0) is 9.59 Å². The number of amides is 1. The Bertz CT molecular complexity index is 289. The van der Waals surface area contributed by atoms with Crippen LogP contribution in [0.25, 0.3) is 0 Å². The third kappa shape index (κ3) is 5.07. The minimum atomic E-state index is -0.772. The molecule has 1 aliphatic carbocycles. The Kier molecular flexibility index (Phi) is 6.16. The van der Waals surface area contributed by atoms with E-state index >= 15 is 0 Å². The lowest BCUT2D eigenvalue weighted by Crippen LogP contribution is -2.42. The van der Waals surface area contributed by atoms with Crippen LogP contribution < -0.4 is 5.32 Å². The van der Waals surface area contributed by atoms with Crippen molar-refractivity contribution in [1.82, 2.24) is 5.32 Å². The van der Waals surface area contributed by atoms with E-state index in [0.29, 0.717) is 18.8 Å². The molecule has 1 saturated carbocycles. The Labute approximate surface area is 109 Å². The zero-order chi connectivity index (χ0) is 13.5. The summed E-state index contributed by atoms with van der Waals surface area (Å²) in [5.74, 6) is -0.677. The highest BCUT2D eigenvalue weighted by Crippen LogP contribution is 2.24. The average Bonchev–Trinajstić information content (AvgIpc) is 2.51. The summed E-state index contributed by atoms with van der Waals surface area (Å²) in [4.78, 5) is 23.0. The van der Waals surface area contributed by atoms with E-state index in [0.717, 1.165) is 32.1 Å². The number of hydrogen-bond donors (Lipinski definition) is 2. The number of carbonyl (C=O) groups excluding carboxylic acids is 1. The largest absolute Gasteiger partial charge is 0.481 e. The fourth-order valence-corrected chi connectivity index (χ4v) is 2.47. The Morgan fingerprint density at radius 3 is 2.50 bits per heavy atom. The first-order valence-electron chi connectivity index (χ1n) is 7.03. The SMILES string of the molecule is CC(C)CCC(=O)NC1CCCCCC1C(=O)O. The van der Waals surface area contributed by atoms with Crippen molar-refractivity contribution in [1.29, 1.82) is 0 Å². The van der Waals surface area contributed by atoms with E-state index in [1.165, 1.54) is 0 Å². The first kappa shape index (κ1) is 15.0. The van der Waals surface area contributed by atoms with Crippen molar-refractivity contribution in [3.8, 4) is 0 Å². The topological polar surface area (TPSA) is 66.4 Å². The van der Waals surface area contributed by atoms with Gasteiger partial charge >= 0.3 is 5.97 Å². The second-order valence-electron chi connectivity index (χ2n) is 5.69. The molecule has 0 aromatic carbocycles. The van der Waals surface area contributed by atoms with Gasteiger partial charge in [0.25, 0.3) is 0 Å². The molecule has 0 aromatic rings. The van der Waals surface area contributed by atoms with E-state index in [4.69, 9.17) is 0 Å². The highest BCUT2D eigenvalue weighted by Gasteiger charge is 2.30. The summed E-state index contributed by atoms with van der Waals surface area (Å²) < 4.78 is 0. The molecular formula is C14H25NO3. The molecule has 0 heterocycles. The Morgan fingerprint density at radius 2 is 1.89 bits per heavy atom. The van der Waals surface area contributed by atoms with Crippen molar-refractivity contribution >= 4 is 11.9 Å². The van der Waals surface area contributed by atoms with Crippen molar-refractivity contribution in [2.24, 2.45) is 11.8 Å². The van der Waals surface area contributed by atoms with Gasteiger partial charge in [-0.15, -0.1) is 0 Å². The Hall–Kier alpha value is -1.06. The van der Waals surface area contributed by atoms with Crippen molar-refractivity contribution in [2.45, 2.75) is 64.8 Å². The van der Waals surface area contributed by atoms with Gasteiger partial charge in [0.1, 0.15) is 0 Å². The number of nitrogens with one attached hydrogen (secondary N) is 1. The lowest BCUT2D eigenvalue weighted by molar-refractivity contribution is -0.143. The van der Waals surface area contributed by atoms with Gasteiger partial charge in [-0.25, -0.2) is 0 Å². The predicted molar refractivity (Wildman–Crippen MR) is 70.2 cm³/mol. The molecule has 4 heteroatoms. The number of hydrogen-bond acceptors (Lipinski definition) is 2.